The number of carbonyl (C=O) groups is 1. The number of benzene rings is 1. The maximum atomic E-state index is 12.2. The van der Waals surface area contributed by atoms with E-state index in [-0.39, 0.29) is 23.5 Å². The molecule has 2 rings (SSSR count). The van der Waals surface area contributed by atoms with Gasteiger partial charge in [0.2, 0.25) is 0 Å². The van der Waals surface area contributed by atoms with Crippen LogP contribution >= 0.6 is 0 Å². The van der Waals surface area contributed by atoms with Crippen molar-refractivity contribution < 1.29 is 13.2 Å². The van der Waals surface area contributed by atoms with Crippen LogP contribution in [-0.4, -0.2) is 43.8 Å². The van der Waals surface area contributed by atoms with Crippen molar-refractivity contribution in [3.63, 3.8) is 0 Å². The summed E-state index contributed by atoms with van der Waals surface area (Å²) in [5.41, 5.74) is 1.63. The highest BCUT2D eigenvalue weighted by molar-refractivity contribution is 7.91. The monoisotopic (exact) mass is 267 g/mol. The smallest absolute Gasteiger partial charge is 0.253 e. The maximum absolute atomic E-state index is 12.2. The second-order valence-corrected chi connectivity index (χ2v) is 7.07. The zero-order valence-electron chi connectivity index (χ0n) is 10.6. The lowest BCUT2D eigenvalue weighted by Crippen LogP contribution is -2.37. The first-order chi connectivity index (χ1) is 8.39. The number of sulfone groups is 1. The summed E-state index contributed by atoms with van der Waals surface area (Å²) >= 11 is 0. The SMILES string of the molecule is Cc1cccc(C(=O)N(C)[C@@H]2CCS(=O)(=O)C2)c1. The lowest BCUT2D eigenvalue weighted by atomic mass is 10.1. The zero-order valence-corrected chi connectivity index (χ0v) is 11.4. The topological polar surface area (TPSA) is 54.5 Å². The van der Waals surface area contributed by atoms with Gasteiger partial charge in [-0.25, -0.2) is 8.42 Å². The highest BCUT2D eigenvalue weighted by Crippen LogP contribution is 2.18. The molecule has 0 saturated carbocycles. The molecule has 1 heterocycles. The van der Waals surface area contributed by atoms with E-state index in [0.717, 1.165) is 5.56 Å². The second kappa shape index (κ2) is 4.72. The number of amides is 1. The molecule has 0 radical (unpaired) electrons. The minimum Gasteiger partial charge on any atom is -0.338 e. The summed E-state index contributed by atoms with van der Waals surface area (Å²) in [7, 11) is -1.28. The molecule has 0 bridgehead atoms. The van der Waals surface area contributed by atoms with E-state index < -0.39 is 9.84 Å². The van der Waals surface area contributed by atoms with Crippen LogP contribution < -0.4 is 0 Å². The minimum atomic E-state index is -2.96. The van der Waals surface area contributed by atoms with E-state index in [2.05, 4.69) is 0 Å². The quantitative estimate of drug-likeness (QED) is 0.810. The zero-order chi connectivity index (χ0) is 13.3. The van der Waals surface area contributed by atoms with Gasteiger partial charge in [-0.3, -0.25) is 4.79 Å². The molecule has 1 saturated heterocycles. The van der Waals surface area contributed by atoms with E-state index in [4.69, 9.17) is 0 Å². The molecule has 1 aromatic rings. The minimum absolute atomic E-state index is 0.0844. The molecule has 0 unspecified atom stereocenters. The van der Waals surface area contributed by atoms with Gasteiger partial charge in [0.05, 0.1) is 11.5 Å². The van der Waals surface area contributed by atoms with Crippen LogP contribution in [0.2, 0.25) is 0 Å². The van der Waals surface area contributed by atoms with Gasteiger partial charge in [-0.15, -0.1) is 0 Å². The standard InChI is InChI=1S/C13H17NO3S/c1-10-4-3-5-11(8-10)13(15)14(2)12-6-7-18(16,17)9-12/h3-5,8,12H,6-7,9H2,1-2H3/t12-/m1/s1. The van der Waals surface area contributed by atoms with Crippen molar-refractivity contribution in [3.05, 3.63) is 35.4 Å². The average molecular weight is 267 g/mol. The fourth-order valence-electron chi connectivity index (χ4n) is 2.23. The van der Waals surface area contributed by atoms with Gasteiger partial charge >= 0.3 is 0 Å². The van der Waals surface area contributed by atoms with Crippen molar-refractivity contribution in [1.82, 2.24) is 4.90 Å². The van der Waals surface area contributed by atoms with Gasteiger partial charge in [-0.2, -0.15) is 0 Å². The van der Waals surface area contributed by atoms with Crippen molar-refractivity contribution >= 4 is 15.7 Å². The van der Waals surface area contributed by atoms with E-state index in [9.17, 15) is 13.2 Å². The third-order valence-corrected chi connectivity index (χ3v) is 5.09. The number of nitrogens with zero attached hydrogens (tertiary/aromatic N) is 1. The Labute approximate surface area is 108 Å². The fourth-order valence-corrected chi connectivity index (χ4v) is 4.00. The summed E-state index contributed by atoms with van der Waals surface area (Å²) < 4.78 is 22.8. The summed E-state index contributed by atoms with van der Waals surface area (Å²) in [5, 5.41) is 0. The molecule has 0 aromatic heterocycles. The van der Waals surface area contributed by atoms with Crippen molar-refractivity contribution in [1.29, 1.82) is 0 Å². The van der Waals surface area contributed by atoms with Gasteiger partial charge in [-0.1, -0.05) is 17.7 Å². The Kier molecular flexibility index (Phi) is 3.43. The van der Waals surface area contributed by atoms with Gasteiger partial charge in [0.15, 0.2) is 9.84 Å². The van der Waals surface area contributed by atoms with Crippen molar-refractivity contribution in [3.8, 4) is 0 Å². The molecule has 1 fully saturated rings. The van der Waals surface area contributed by atoms with Crippen molar-refractivity contribution in [2.24, 2.45) is 0 Å². The number of carbonyl (C=O) groups excluding carboxylic acids is 1. The van der Waals surface area contributed by atoms with Gasteiger partial charge in [-0.05, 0) is 25.5 Å². The van der Waals surface area contributed by atoms with Crippen LogP contribution in [0.5, 0.6) is 0 Å². The number of hydrogen-bond acceptors (Lipinski definition) is 3. The van der Waals surface area contributed by atoms with Crippen LogP contribution in [0, 0.1) is 6.92 Å². The fraction of sp³-hybridized carbons (Fsp3) is 0.462. The van der Waals surface area contributed by atoms with Gasteiger partial charge < -0.3 is 4.90 Å². The third kappa shape index (κ3) is 2.72. The molecule has 1 amide bonds. The van der Waals surface area contributed by atoms with E-state index in [1.165, 1.54) is 0 Å². The molecule has 98 valence electrons. The van der Waals surface area contributed by atoms with Gasteiger partial charge in [0, 0.05) is 18.7 Å². The summed E-state index contributed by atoms with van der Waals surface area (Å²) in [6.45, 7) is 1.93. The van der Waals surface area contributed by atoms with E-state index in [0.29, 0.717) is 12.0 Å². The van der Waals surface area contributed by atoms with Crippen LogP contribution in [0.4, 0.5) is 0 Å². The van der Waals surface area contributed by atoms with Crippen molar-refractivity contribution in [2.45, 2.75) is 19.4 Å². The molecule has 4 nitrogen and oxygen atoms in total. The van der Waals surface area contributed by atoms with Crippen LogP contribution in [-0.2, 0) is 9.84 Å². The molecular formula is C13H17NO3S. The molecule has 1 atom stereocenters. The Morgan fingerprint density at radius 2 is 2.11 bits per heavy atom. The largest absolute Gasteiger partial charge is 0.338 e. The molecule has 0 N–H and O–H groups in total. The Morgan fingerprint density at radius 3 is 2.67 bits per heavy atom. The van der Waals surface area contributed by atoms with E-state index >= 15 is 0 Å². The maximum Gasteiger partial charge on any atom is 0.253 e. The summed E-state index contributed by atoms with van der Waals surface area (Å²) in [6, 6.07) is 7.15. The second-order valence-electron chi connectivity index (χ2n) is 4.84. The van der Waals surface area contributed by atoms with Crippen molar-refractivity contribution in [2.75, 3.05) is 18.6 Å². The lowest BCUT2D eigenvalue weighted by Gasteiger charge is -2.23. The molecule has 1 aliphatic heterocycles. The Bertz CT molecular complexity index is 565. The third-order valence-electron chi connectivity index (χ3n) is 3.34. The Hall–Kier alpha value is -1.36. The summed E-state index contributed by atoms with van der Waals surface area (Å²) in [4.78, 5) is 13.8. The predicted molar refractivity (Wildman–Crippen MR) is 70.3 cm³/mol. The first-order valence-corrected chi connectivity index (χ1v) is 7.75. The van der Waals surface area contributed by atoms with Gasteiger partial charge in [0.25, 0.3) is 5.91 Å². The molecule has 1 aromatic carbocycles. The molecular weight excluding hydrogens is 250 g/mol. The predicted octanol–water partition coefficient (Wildman–Crippen LogP) is 1.25. The van der Waals surface area contributed by atoms with Crippen LogP contribution in [0.1, 0.15) is 22.3 Å². The highest BCUT2D eigenvalue weighted by atomic mass is 32.2. The summed E-state index contributed by atoms with van der Waals surface area (Å²) in [6.07, 6.45) is 0.538. The number of aryl methyl sites for hydroxylation is 1. The highest BCUT2D eigenvalue weighted by Gasteiger charge is 2.32. The Morgan fingerprint density at radius 1 is 1.39 bits per heavy atom. The van der Waals surface area contributed by atoms with E-state index in [1.54, 1.807) is 18.0 Å². The normalized spacial score (nSPS) is 21.8. The van der Waals surface area contributed by atoms with Crippen LogP contribution in [0.3, 0.4) is 0 Å². The van der Waals surface area contributed by atoms with Gasteiger partial charge in [0.1, 0.15) is 0 Å². The first kappa shape index (κ1) is 13.1. The molecule has 0 spiro atoms. The molecule has 1 aliphatic rings. The van der Waals surface area contributed by atoms with Crippen LogP contribution in [0.15, 0.2) is 24.3 Å². The molecule has 5 heteroatoms. The summed E-state index contributed by atoms with van der Waals surface area (Å²) in [5.74, 6) is 0.158. The number of hydrogen-bond donors (Lipinski definition) is 0. The molecule has 18 heavy (non-hydrogen) atoms. The number of rotatable bonds is 2. The van der Waals surface area contributed by atoms with Crippen LogP contribution in [0.25, 0.3) is 0 Å². The average Bonchev–Trinajstić information content (AvgIpc) is 2.68. The van der Waals surface area contributed by atoms with E-state index in [1.807, 2.05) is 25.1 Å². The first-order valence-electron chi connectivity index (χ1n) is 5.93. The molecule has 0 aliphatic carbocycles. The Balaban J connectivity index is 2.15. The lowest BCUT2D eigenvalue weighted by molar-refractivity contribution is 0.0747.